The smallest absolute Gasteiger partial charge is 0.268 e. The molecule has 0 bridgehead atoms. The van der Waals surface area contributed by atoms with Crippen LogP contribution in [0.5, 0.6) is 0 Å². The highest BCUT2D eigenvalue weighted by Gasteiger charge is 2.27. The number of benzene rings is 2. The fraction of sp³-hybridized carbons (Fsp3) is 0.250. The molecule has 2 heterocycles. The lowest BCUT2D eigenvalue weighted by Gasteiger charge is -2.26. The van der Waals surface area contributed by atoms with Gasteiger partial charge in [0.25, 0.3) is 5.91 Å². The van der Waals surface area contributed by atoms with E-state index in [2.05, 4.69) is 11.4 Å². The first kappa shape index (κ1) is 24.3. The number of amides is 1. The van der Waals surface area contributed by atoms with Gasteiger partial charge in [-0.1, -0.05) is 30.7 Å². The van der Waals surface area contributed by atoms with Crippen LogP contribution in [-0.4, -0.2) is 31.5 Å². The van der Waals surface area contributed by atoms with E-state index >= 15 is 0 Å². The molecule has 1 N–H and O–H groups in total. The Labute approximate surface area is 200 Å². The average Bonchev–Trinajstić information content (AvgIpc) is 3.21. The fourth-order valence-corrected chi connectivity index (χ4v) is 5.19. The number of carbonyl (C=O) groups excluding carboxylic acids is 2. The van der Waals surface area contributed by atoms with E-state index in [0.717, 1.165) is 38.2 Å². The van der Waals surface area contributed by atoms with E-state index < -0.39 is 0 Å². The van der Waals surface area contributed by atoms with Gasteiger partial charge in [-0.15, -0.1) is 23.1 Å². The quantitative estimate of drug-likeness (QED) is 0.324. The SMILES string of the molecule is CCSc1ccc(CC=O)c(F)c1.CNc1cc2c(s1)C(=O)N(c1cccc(Cl)c1)CC2. The van der Waals surface area contributed by atoms with Crippen molar-refractivity contribution in [1.82, 2.24) is 0 Å². The Morgan fingerprint density at radius 2 is 2.06 bits per heavy atom. The highest BCUT2D eigenvalue weighted by atomic mass is 35.5. The first-order valence-corrected chi connectivity index (χ1v) is 12.4. The van der Waals surface area contributed by atoms with Crippen molar-refractivity contribution in [3.05, 3.63) is 75.4 Å². The Morgan fingerprint density at radius 3 is 2.72 bits per heavy atom. The van der Waals surface area contributed by atoms with Crippen LogP contribution in [0.15, 0.2) is 53.4 Å². The summed E-state index contributed by atoms with van der Waals surface area (Å²) < 4.78 is 13.2. The summed E-state index contributed by atoms with van der Waals surface area (Å²) in [4.78, 5) is 26.2. The molecule has 3 aromatic rings. The van der Waals surface area contributed by atoms with Crippen LogP contribution < -0.4 is 10.2 Å². The number of aldehydes is 1. The summed E-state index contributed by atoms with van der Waals surface area (Å²) in [6, 6.07) is 14.5. The maximum Gasteiger partial charge on any atom is 0.268 e. The van der Waals surface area contributed by atoms with E-state index in [1.165, 1.54) is 17.4 Å². The predicted molar refractivity (Wildman–Crippen MR) is 133 cm³/mol. The molecule has 1 aliphatic heterocycles. The molecule has 4 nitrogen and oxygen atoms in total. The molecule has 1 aliphatic rings. The van der Waals surface area contributed by atoms with Gasteiger partial charge in [0.05, 0.1) is 9.88 Å². The molecule has 0 unspecified atom stereocenters. The second kappa shape index (κ2) is 11.5. The molecule has 1 aromatic heterocycles. The number of carbonyl (C=O) groups is 2. The summed E-state index contributed by atoms with van der Waals surface area (Å²) in [6.45, 7) is 2.72. The molecule has 0 atom stereocenters. The minimum absolute atomic E-state index is 0.0648. The maximum absolute atomic E-state index is 13.2. The van der Waals surface area contributed by atoms with Crippen LogP contribution in [0.2, 0.25) is 5.02 Å². The minimum atomic E-state index is -0.287. The van der Waals surface area contributed by atoms with E-state index in [9.17, 15) is 14.0 Å². The molecule has 0 saturated heterocycles. The van der Waals surface area contributed by atoms with Crippen LogP contribution in [-0.2, 0) is 17.6 Å². The first-order valence-electron chi connectivity index (χ1n) is 10.2. The minimum Gasteiger partial charge on any atom is -0.380 e. The summed E-state index contributed by atoms with van der Waals surface area (Å²) in [7, 11) is 1.87. The topological polar surface area (TPSA) is 49.4 Å². The third-order valence-electron chi connectivity index (χ3n) is 4.86. The molecule has 168 valence electrons. The molecule has 2 aromatic carbocycles. The normalized spacial score (nSPS) is 12.6. The molecule has 4 rings (SSSR count). The van der Waals surface area contributed by atoms with Gasteiger partial charge in [-0.25, -0.2) is 4.39 Å². The van der Waals surface area contributed by atoms with Gasteiger partial charge in [0.2, 0.25) is 0 Å². The van der Waals surface area contributed by atoms with Crippen molar-refractivity contribution < 1.29 is 14.0 Å². The Balaban J connectivity index is 0.000000195. The van der Waals surface area contributed by atoms with Crippen molar-refractivity contribution in [1.29, 1.82) is 0 Å². The van der Waals surface area contributed by atoms with Gasteiger partial charge in [0, 0.05) is 35.6 Å². The van der Waals surface area contributed by atoms with Gasteiger partial charge in [-0.2, -0.15) is 0 Å². The van der Waals surface area contributed by atoms with E-state index in [1.807, 2.05) is 44.3 Å². The zero-order chi connectivity index (χ0) is 23.1. The van der Waals surface area contributed by atoms with Crippen molar-refractivity contribution in [2.75, 3.05) is 29.6 Å². The largest absolute Gasteiger partial charge is 0.380 e. The lowest BCUT2D eigenvalue weighted by Crippen LogP contribution is -2.36. The number of nitrogens with zero attached hydrogens (tertiary/aromatic N) is 1. The van der Waals surface area contributed by atoms with Crippen molar-refractivity contribution in [2.45, 2.75) is 24.7 Å². The summed E-state index contributed by atoms with van der Waals surface area (Å²) in [5, 5.41) is 4.78. The number of nitrogens with one attached hydrogen (secondary N) is 1. The average molecular weight is 491 g/mol. The molecule has 32 heavy (non-hydrogen) atoms. The third kappa shape index (κ3) is 5.91. The fourth-order valence-electron chi connectivity index (χ4n) is 3.31. The molecule has 8 heteroatoms. The number of thioether (sulfide) groups is 1. The van der Waals surface area contributed by atoms with Crippen LogP contribution >= 0.6 is 34.7 Å². The van der Waals surface area contributed by atoms with Gasteiger partial charge >= 0.3 is 0 Å². The molecule has 0 aliphatic carbocycles. The summed E-state index contributed by atoms with van der Waals surface area (Å²) in [5.74, 6) is 0.701. The summed E-state index contributed by atoms with van der Waals surface area (Å²) in [6.07, 6.45) is 1.75. The Morgan fingerprint density at radius 1 is 1.25 bits per heavy atom. The van der Waals surface area contributed by atoms with E-state index in [0.29, 0.717) is 23.4 Å². The van der Waals surface area contributed by atoms with Crippen LogP contribution in [0, 0.1) is 5.82 Å². The van der Waals surface area contributed by atoms with Crippen molar-refractivity contribution in [3.8, 4) is 0 Å². The lowest BCUT2D eigenvalue weighted by atomic mass is 10.1. The molecule has 1 amide bonds. The molecule has 0 fully saturated rings. The maximum atomic E-state index is 13.2. The van der Waals surface area contributed by atoms with Gasteiger partial charge in [0.1, 0.15) is 12.1 Å². The number of hydrogen-bond donors (Lipinski definition) is 1. The number of rotatable bonds is 6. The highest BCUT2D eigenvalue weighted by Crippen LogP contribution is 2.33. The lowest BCUT2D eigenvalue weighted by molar-refractivity contribution is -0.107. The summed E-state index contributed by atoms with van der Waals surface area (Å²) >= 11 is 9.09. The number of hydrogen-bond acceptors (Lipinski definition) is 5. The molecular weight excluding hydrogens is 467 g/mol. The van der Waals surface area contributed by atoms with E-state index in [4.69, 9.17) is 11.6 Å². The number of thiophene rings is 1. The zero-order valence-electron chi connectivity index (χ0n) is 17.9. The highest BCUT2D eigenvalue weighted by molar-refractivity contribution is 7.99. The van der Waals surface area contributed by atoms with Crippen LogP contribution in [0.1, 0.15) is 27.7 Å². The Bertz CT molecular complexity index is 1100. The van der Waals surface area contributed by atoms with Crippen LogP contribution in [0.4, 0.5) is 15.1 Å². The monoisotopic (exact) mass is 490 g/mol. The van der Waals surface area contributed by atoms with Crippen LogP contribution in [0.25, 0.3) is 0 Å². The molecule has 0 saturated carbocycles. The van der Waals surface area contributed by atoms with E-state index in [-0.39, 0.29) is 18.1 Å². The van der Waals surface area contributed by atoms with Crippen molar-refractivity contribution in [2.24, 2.45) is 0 Å². The second-order valence-electron chi connectivity index (χ2n) is 6.96. The van der Waals surface area contributed by atoms with Gasteiger partial charge in [-0.05, 0) is 59.7 Å². The predicted octanol–water partition coefficient (Wildman–Crippen LogP) is 6.33. The Kier molecular flexibility index (Phi) is 8.73. The Hall–Kier alpha value is -2.35. The number of fused-ring (bicyclic) bond motifs is 1. The van der Waals surface area contributed by atoms with Gasteiger partial charge in [0.15, 0.2) is 0 Å². The molecule has 0 spiro atoms. The van der Waals surface area contributed by atoms with Crippen molar-refractivity contribution in [3.63, 3.8) is 0 Å². The second-order valence-corrected chi connectivity index (χ2v) is 9.78. The van der Waals surface area contributed by atoms with Gasteiger partial charge < -0.3 is 15.0 Å². The van der Waals surface area contributed by atoms with Crippen LogP contribution in [0.3, 0.4) is 0 Å². The standard InChI is InChI=1S/C14H13ClN2OS.C10H11FOS/c1-16-12-7-9-5-6-17(14(18)13(9)19-12)11-4-2-3-10(15)8-11;1-2-13-9-4-3-8(5-6-12)10(11)7-9/h2-4,7-8,16H,5-6H2,1H3;3-4,6-7H,2,5H2,1H3. The van der Waals surface area contributed by atoms with Crippen molar-refractivity contribution >= 4 is 57.6 Å². The molecule has 0 radical (unpaired) electrons. The van der Waals surface area contributed by atoms with E-state index in [1.54, 1.807) is 22.7 Å². The summed E-state index contributed by atoms with van der Waals surface area (Å²) in [5.41, 5.74) is 2.47. The zero-order valence-corrected chi connectivity index (χ0v) is 20.2. The number of anilines is 2. The molecular formula is C24H24ClFN2O2S2. The first-order chi connectivity index (χ1) is 15.5. The van der Waals surface area contributed by atoms with Gasteiger partial charge in [-0.3, -0.25) is 4.79 Å². The third-order valence-corrected chi connectivity index (χ3v) is 7.15. The number of halogens is 2.